The van der Waals surface area contributed by atoms with Crippen molar-refractivity contribution in [3.8, 4) is 16.8 Å². The van der Waals surface area contributed by atoms with Crippen LogP contribution in [-0.4, -0.2) is 14.5 Å². The molecule has 4 heteroatoms. The van der Waals surface area contributed by atoms with Gasteiger partial charge < -0.3 is 9.55 Å². The van der Waals surface area contributed by atoms with Gasteiger partial charge in [-0.1, -0.05) is 60.7 Å². The molecule has 2 aromatic carbocycles. The van der Waals surface area contributed by atoms with Crippen LogP contribution in [0.15, 0.2) is 73.2 Å². The summed E-state index contributed by atoms with van der Waals surface area (Å²) >= 11 is 5.46. The van der Waals surface area contributed by atoms with Crippen LogP contribution in [0.3, 0.4) is 0 Å². The quantitative estimate of drug-likeness (QED) is 0.542. The minimum Gasteiger partial charge on any atom is -0.332 e. The molecule has 4 aromatic rings. The van der Waals surface area contributed by atoms with E-state index in [0.29, 0.717) is 4.64 Å². The van der Waals surface area contributed by atoms with E-state index in [-0.39, 0.29) is 0 Å². The van der Waals surface area contributed by atoms with Crippen LogP contribution in [0.1, 0.15) is 0 Å². The van der Waals surface area contributed by atoms with Crippen molar-refractivity contribution in [2.24, 2.45) is 0 Å². The van der Waals surface area contributed by atoms with Gasteiger partial charge in [-0.3, -0.25) is 0 Å². The number of fused-ring (bicyclic) bond motifs is 1. The summed E-state index contributed by atoms with van der Waals surface area (Å²) in [5.74, 6) is 0. The van der Waals surface area contributed by atoms with Crippen LogP contribution in [0.2, 0.25) is 0 Å². The van der Waals surface area contributed by atoms with Crippen LogP contribution < -0.4 is 0 Å². The average Bonchev–Trinajstić information content (AvgIpc) is 2.98. The molecule has 2 heterocycles. The summed E-state index contributed by atoms with van der Waals surface area (Å²) in [6, 6.07) is 20.5. The molecule has 22 heavy (non-hydrogen) atoms. The summed E-state index contributed by atoms with van der Waals surface area (Å²) in [4.78, 5) is 7.48. The van der Waals surface area contributed by atoms with Crippen LogP contribution in [0.25, 0.3) is 27.8 Å². The molecule has 4 rings (SSSR count). The fourth-order valence-corrected chi connectivity index (χ4v) is 2.97. The Bertz CT molecular complexity index is 985. The second-order valence-corrected chi connectivity index (χ2v) is 5.43. The number of nitrogens with one attached hydrogen (secondary N) is 1. The molecular weight excluding hydrogens is 290 g/mol. The Kier molecular flexibility index (Phi) is 3.09. The first kappa shape index (κ1) is 13.0. The van der Waals surface area contributed by atoms with Gasteiger partial charge in [-0.15, -0.1) is 0 Å². The highest BCUT2D eigenvalue weighted by atomic mass is 32.1. The van der Waals surface area contributed by atoms with E-state index in [1.807, 2.05) is 36.4 Å². The average molecular weight is 303 g/mol. The third-order valence-electron chi connectivity index (χ3n) is 3.72. The standard InChI is InChI=1S/C18H13N3S/c22-18-16-15(13-7-3-1-4-8-13)11-21(17(16)19-12-20-18)14-9-5-2-6-10-14/h1-12H,(H,19,20,22). The summed E-state index contributed by atoms with van der Waals surface area (Å²) in [7, 11) is 0. The van der Waals surface area contributed by atoms with Gasteiger partial charge >= 0.3 is 0 Å². The molecule has 0 bridgehead atoms. The number of nitrogens with zero attached hydrogens (tertiary/aromatic N) is 2. The van der Waals surface area contributed by atoms with Crippen LogP contribution in [-0.2, 0) is 0 Å². The van der Waals surface area contributed by atoms with Crippen LogP contribution in [0.4, 0.5) is 0 Å². The number of hydrogen-bond donors (Lipinski definition) is 1. The predicted octanol–water partition coefficient (Wildman–Crippen LogP) is 4.75. The van der Waals surface area contributed by atoms with E-state index in [1.165, 1.54) is 0 Å². The molecule has 106 valence electrons. The fourth-order valence-electron chi connectivity index (χ4n) is 2.71. The maximum Gasteiger partial charge on any atom is 0.139 e. The SMILES string of the molecule is S=c1nc[nH]c2c1c(-c1ccccc1)cn2-c1ccccc1. The third kappa shape index (κ3) is 2.05. The molecule has 0 aliphatic heterocycles. The minimum atomic E-state index is 0.613. The first-order valence-electron chi connectivity index (χ1n) is 7.04. The highest BCUT2D eigenvalue weighted by Gasteiger charge is 2.13. The molecule has 0 radical (unpaired) electrons. The number of benzene rings is 2. The maximum absolute atomic E-state index is 5.46. The molecule has 0 unspecified atom stereocenters. The van der Waals surface area contributed by atoms with Crippen molar-refractivity contribution in [3.63, 3.8) is 0 Å². The Balaban J connectivity index is 2.09. The van der Waals surface area contributed by atoms with E-state index in [9.17, 15) is 0 Å². The smallest absolute Gasteiger partial charge is 0.139 e. The summed E-state index contributed by atoms with van der Waals surface area (Å²) in [6.07, 6.45) is 3.77. The molecule has 0 fully saturated rings. The van der Waals surface area contributed by atoms with Crippen molar-refractivity contribution >= 4 is 23.3 Å². The lowest BCUT2D eigenvalue weighted by molar-refractivity contribution is 1.07. The van der Waals surface area contributed by atoms with Crippen molar-refractivity contribution in [1.29, 1.82) is 0 Å². The zero-order valence-electron chi connectivity index (χ0n) is 11.7. The van der Waals surface area contributed by atoms with Gasteiger partial charge in [0.15, 0.2) is 0 Å². The molecule has 0 atom stereocenters. The second kappa shape index (κ2) is 5.24. The monoisotopic (exact) mass is 303 g/mol. The molecular formula is C18H13N3S. The highest BCUT2D eigenvalue weighted by molar-refractivity contribution is 7.71. The number of rotatable bonds is 2. The predicted molar refractivity (Wildman–Crippen MR) is 91.7 cm³/mol. The van der Waals surface area contributed by atoms with Gasteiger partial charge in [-0.25, -0.2) is 4.98 Å². The lowest BCUT2D eigenvalue weighted by Gasteiger charge is -2.03. The molecule has 0 amide bonds. The van der Waals surface area contributed by atoms with Crippen LogP contribution in [0.5, 0.6) is 0 Å². The number of aromatic amines is 1. The lowest BCUT2D eigenvalue weighted by atomic mass is 10.1. The zero-order valence-corrected chi connectivity index (χ0v) is 12.5. The molecule has 0 spiro atoms. The topological polar surface area (TPSA) is 33.6 Å². The van der Waals surface area contributed by atoms with Gasteiger partial charge in [0.25, 0.3) is 0 Å². The largest absolute Gasteiger partial charge is 0.332 e. The van der Waals surface area contributed by atoms with Crippen LogP contribution >= 0.6 is 12.2 Å². The van der Waals surface area contributed by atoms with E-state index < -0.39 is 0 Å². The lowest BCUT2D eigenvalue weighted by Crippen LogP contribution is -1.93. The summed E-state index contributed by atoms with van der Waals surface area (Å²) < 4.78 is 2.73. The van der Waals surface area contributed by atoms with Crippen LogP contribution in [0, 0.1) is 4.64 Å². The number of aromatic nitrogens is 3. The van der Waals surface area contributed by atoms with E-state index in [1.54, 1.807) is 6.33 Å². The molecule has 3 nitrogen and oxygen atoms in total. The Labute approximate surface area is 132 Å². The number of hydrogen-bond acceptors (Lipinski definition) is 2. The summed E-state index contributed by atoms with van der Waals surface area (Å²) in [6.45, 7) is 0. The number of H-pyrrole nitrogens is 1. The van der Waals surface area contributed by atoms with Gasteiger partial charge in [-0.05, 0) is 17.7 Å². The van der Waals surface area contributed by atoms with Gasteiger partial charge in [0.2, 0.25) is 0 Å². The van der Waals surface area contributed by atoms with Crippen molar-refractivity contribution in [2.75, 3.05) is 0 Å². The summed E-state index contributed by atoms with van der Waals surface area (Å²) in [5.41, 5.74) is 4.28. The fraction of sp³-hybridized carbons (Fsp3) is 0. The first-order valence-corrected chi connectivity index (χ1v) is 7.45. The van der Waals surface area contributed by atoms with Gasteiger partial charge in [0.05, 0.1) is 11.7 Å². The number of para-hydroxylation sites is 1. The Morgan fingerprint density at radius 2 is 1.59 bits per heavy atom. The zero-order chi connectivity index (χ0) is 14.9. The van der Waals surface area contributed by atoms with Crippen molar-refractivity contribution in [3.05, 3.63) is 77.8 Å². The molecule has 0 aliphatic rings. The normalized spacial score (nSPS) is 10.9. The molecule has 2 aromatic heterocycles. The van der Waals surface area contributed by atoms with Crippen molar-refractivity contribution in [1.82, 2.24) is 14.5 Å². The highest BCUT2D eigenvalue weighted by Crippen LogP contribution is 2.31. The summed E-state index contributed by atoms with van der Waals surface area (Å²) in [5, 5.41) is 0.979. The van der Waals surface area contributed by atoms with Gasteiger partial charge in [0, 0.05) is 17.4 Å². The Morgan fingerprint density at radius 3 is 2.32 bits per heavy atom. The van der Waals surface area contributed by atoms with E-state index in [0.717, 1.165) is 27.8 Å². The molecule has 1 N–H and O–H groups in total. The van der Waals surface area contributed by atoms with E-state index in [4.69, 9.17) is 12.2 Å². The molecule has 0 saturated heterocycles. The Morgan fingerprint density at radius 1 is 0.909 bits per heavy atom. The Hall–Kier alpha value is -2.72. The minimum absolute atomic E-state index is 0.613. The van der Waals surface area contributed by atoms with Gasteiger partial charge in [-0.2, -0.15) is 0 Å². The molecule has 0 saturated carbocycles. The first-order chi connectivity index (χ1) is 10.8. The van der Waals surface area contributed by atoms with Crippen molar-refractivity contribution in [2.45, 2.75) is 0 Å². The van der Waals surface area contributed by atoms with E-state index in [2.05, 4.69) is 45.0 Å². The molecule has 0 aliphatic carbocycles. The van der Waals surface area contributed by atoms with E-state index >= 15 is 0 Å². The maximum atomic E-state index is 5.46. The van der Waals surface area contributed by atoms with Crippen molar-refractivity contribution < 1.29 is 0 Å². The second-order valence-electron chi connectivity index (χ2n) is 5.05. The third-order valence-corrected chi connectivity index (χ3v) is 4.03. The van der Waals surface area contributed by atoms with Gasteiger partial charge in [0.1, 0.15) is 10.3 Å².